The Morgan fingerprint density at radius 1 is 1.16 bits per heavy atom. The van der Waals surface area contributed by atoms with E-state index in [0.29, 0.717) is 29.3 Å². The molecule has 2 aliphatic rings. The number of anilines is 1. The van der Waals surface area contributed by atoms with Crippen LogP contribution < -0.4 is 10.1 Å². The first kappa shape index (κ1) is 15.2. The van der Waals surface area contributed by atoms with Crippen LogP contribution in [0, 0.1) is 0 Å². The summed E-state index contributed by atoms with van der Waals surface area (Å²) in [5, 5.41) is 19.3. The van der Waals surface area contributed by atoms with E-state index in [1.807, 2.05) is 30.3 Å². The Labute approximate surface area is 144 Å². The lowest BCUT2D eigenvalue weighted by Crippen LogP contribution is -2.14. The molecule has 0 unspecified atom stereocenters. The fourth-order valence-corrected chi connectivity index (χ4v) is 2.78. The first-order chi connectivity index (χ1) is 12.2. The van der Waals surface area contributed by atoms with Crippen molar-refractivity contribution >= 4 is 23.1 Å². The lowest BCUT2D eigenvalue weighted by atomic mass is 10.1. The maximum atomic E-state index is 12.1. The molecule has 2 heterocycles. The van der Waals surface area contributed by atoms with Crippen LogP contribution in [0.15, 0.2) is 69.0 Å². The minimum Gasteiger partial charge on any atom is -0.497 e. The summed E-state index contributed by atoms with van der Waals surface area (Å²) >= 11 is 0. The first-order valence-corrected chi connectivity index (χ1v) is 7.84. The second-order valence-corrected chi connectivity index (χ2v) is 5.68. The van der Waals surface area contributed by atoms with E-state index < -0.39 is 0 Å². The summed E-state index contributed by atoms with van der Waals surface area (Å²) < 4.78 is 5.20. The average molecular weight is 333 g/mol. The van der Waals surface area contributed by atoms with E-state index in [0.717, 1.165) is 5.56 Å². The number of hydrogen-bond donors (Lipinski definition) is 1. The highest BCUT2D eigenvalue weighted by Crippen LogP contribution is 2.29. The molecule has 2 aliphatic heterocycles. The molecule has 0 bridgehead atoms. The molecule has 25 heavy (non-hydrogen) atoms. The summed E-state index contributed by atoms with van der Waals surface area (Å²) in [5.74, 6) is 0.868. The molecule has 0 spiro atoms. The molecule has 0 aliphatic carbocycles. The molecule has 0 saturated carbocycles. The van der Waals surface area contributed by atoms with Crippen LogP contribution in [0.25, 0.3) is 0 Å². The lowest BCUT2D eigenvalue weighted by molar-refractivity contribution is -0.110. The molecular formula is C18H15N5O2. The number of azo groups is 1. The number of hydrogen-bond acceptors (Lipinski definition) is 5. The van der Waals surface area contributed by atoms with Crippen molar-refractivity contribution in [3.8, 4) is 5.75 Å². The van der Waals surface area contributed by atoms with Gasteiger partial charge in [0.05, 0.1) is 12.8 Å². The van der Waals surface area contributed by atoms with Crippen LogP contribution in [-0.2, 0) is 4.79 Å². The Morgan fingerprint density at radius 2 is 2.00 bits per heavy atom. The zero-order chi connectivity index (χ0) is 17.2. The van der Waals surface area contributed by atoms with Crippen LogP contribution in [0.2, 0.25) is 0 Å². The number of nitrogens with zero attached hydrogens (tertiary/aromatic N) is 4. The lowest BCUT2D eigenvalue weighted by Gasteiger charge is -2.03. The zero-order valence-electron chi connectivity index (χ0n) is 13.5. The molecule has 0 aromatic heterocycles. The van der Waals surface area contributed by atoms with Gasteiger partial charge in [0.1, 0.15) is 11.8 Å². The Hall–Kier alpha value is -3.35. The molecule has 1 amide bonds. The van der Waals surface area contributed by atoms with Crippen molar-refractivity contribution in [3.05, 3.63) is 59.7 Å². The van der Waals surface area contributed by atoms with Gasteiger partial charge in [-0.15, -0.1) is 15.3 Å². The third-order valence-electron chi connectivity index (χ3n) is 4.08. The Balaban J connectivity index is 1.58. The van der Waals surface area contributed by atoms with Crippen molar-refractivity contribution in [3.63, 3.8) is 0 Å². The molecular weight excluding hydrogens is 318 g/mol. The Bertz CT molecular complexity index is 918. The molecule has 0 fully saturated rings. The SMILES string of the molecule is COc1ccc2c(c1)/C(=N/N=C1/C[C@@H](c3ccccc3)N=N1)C(=O)N2. The maximum Gasteiger partial charge on any atom is 0.276 e. The molecule has 7 nitrogen and oxygen atoms in total. The normalized spacial score (nSPS) is 21.6. The Morgan fingerprint density at radius 3 is 2.80 bits per heavy atom. The molecule has 0 saturated heterocycles. The number of rotatable bonds is 3. The molecule has 2 aromatic rings. The molecule has 0 radical (unpaired) electrons. The van der Waals surface area contributed by atoms with Gasteiger partial charge in [-0.25, -0.2) is 0 Å². The first-order valence-electron chi connectivity index (χ1n) is 7.84. The molecule has 1 atom stereocenters. The highest BCUT2D eigenvalue weighted by atomic mass is 16.5. The molecule has 1 N–H and O–H groups in total. The van der Waals surface area contributed by atoms with Crippen molar-refractivity contribution in [2.75, 3.05) is 12.4 Å². The van der Waals surface area contributed by atoms with Gasteiger partial charge in [0.2, 0.25) is 0 Å². The van der Waals surface area contributed by atoms with Gasteiger partial charge in [-0.05, 0) is 23.8 Å². The van der Waals surface area contributed by atoms with Crippen LogP contribution in [0.1, 0.15) is 23.6 Å². The van der Waals surface area contributed by atoms with Crippen LogP contribution in [0.5, 0.6) is 5.75 Å². The number of benzene rings is 2. The van der Waals surface area contributed by atoms with E-state index in [9.17, 15) is 4.79 Å². The predicted octanol–water partition coefficient (Wildman–Crippen LogP) is 3.35. The molecule has 4 rings (SSSR count). The number of methoxy groups -OCH3 is 1. The van der Waals surface area contributed by atoms with E-state index in [4.69, 9.17) is 4.74 Å². The van der Waals surface area contributed by atoms with Crippen molar-refractivity contribution in [1.82, 2.24) is 0 Å². The number of carbonyl (C=O) groups is 1. The monoisotopic (exact) mass is 333 g/mol. The summed E-state index contributed by atoms with van der Waals surface area (Å²) in [7, 11) is 1.58. The largest absolute Gasteiger partial charge is 0.497 e. The third-order valence-corrected chi connectivity index (χ3v) is 4.08. The van der Waals surface area contributed by atoms with Gasteiger partial charge in [-0.2, -0.15) is 5.11 Å². The van der Waals surface area contributed by atoms with Crippen molar-refractivity contribution in [1.29, 1.82) is 0 Å². The number of nitrogens with one attached hydrogen (secondary N) is 1. The van der Waals surface area contributed by atoms with E-state index in [1.165, 1.54) is 0 Å². The molecule has 7 heteroatoms. The third kappa shape index (κ3) is 2.91. The van der Waals surface area contributed by atoms with Gasteiger partial charge in [0.15, 0.2) is 11.5 Å². The van der Waals surface area contributed by atoms with Crippen LogP contribution in [0.3, 0.4) is 0 Å². The summed E-state index contributed by atoms with van der Waals surface area (Å²) in [4.78, 5) is 12.1. The predicted molar refractivity (Wildman–Crippen MR) is 94.3 cm³/mol. The number of carbonyl (C=O) groups excluding carboxylic acids is 1. The van der Waals surface area contributed by atoms with Crippen molar-refractivity contribution in [2.45, 2.75) is 12.5 Å². The second kappa shape index (κ2) is 6.27. The minimum absolute atomic E-state index is 0.0510. The summed E-state index contributed by atoms with van der Waals surface area (Å²) in [6, 6.07) is 15.2. The van der Waals surface area contributed by atoms with Crippen LogP contribution in [0.4, 0.5) is 5.69 Å². The quantitative estimate of drug-likeness (QED) is 0.873. The van der Waals surface area contributed by atoms with Gasteiger partial charge in [-0.3, -0.25) is 4.79 Å². The summed E-state index contributed by atoms with van der Waals surface area (Å²) in [5.41, 5.74) is 2.70. The Kier molecular flexibility index (Phi) is 3.81. The smallest absolute Gasteiger partial charge is 0.276 e. The highest BCUT2D eigenvalue weighted by Gasteiger charge is 2.27. The average Bonchev–Trinajstić information content (AvgIpc) is 3.24. The van der Waals surface area contributed by atoms with Gasteiger partial charge >= 0.3 is 0 Å². The fraction of sp³-hybridized carbons (Fsp3) is 0.167. The van der Waals surface area contributed by atoms with Crippen LogP contribution in [-0.4, -0.2) is 24.6 Å². The topological polar surface area (TPSA) is 87.8 Å². The van der Waals surface area contributed by atoms with Crippen molar-refractivity contribution < 1.29 is 9.53 Å². The number of amidine groups is 1. The molecule has 2 aromatic carbocycles. The van der Waals surface area contributed by atoms with Gasteiger partial charge < -0.3 is 10.1 Å². The minimum atomic E-state index is -0.290. The number of fused-ring (bicyclic) bond motifs is 1. The zero-order valence-corrected chi connectivity index (χ0v) is 13.5. The standard InChI is InChI=1S/C18H15N5O2/c1-25-12-7-8-14-13(9-12)17(18(24)19-14)23-22-16-10-15(20-21-16)11-5-3-2-4-6-11/h2-9,15H,10H2,1H3,(H,19,23,24)/b22-16-/t15-/m0/s1. The van der Waals surface area contributed by atoms with Gasteiger partial charge in [-0.1, -0.05) is 30.3 Å². The number of amides is 1. The number of ether oxygens (including phenoxy) is 1. The highest BCUT2D eigenvalue weighted by molar-refractivity contribution is 6.53. The van der Waals surface area contributed by atoms with Gasteiger partial charge in [0.25, 0.3) is 5.91 Å². The van der Waals surface area contributed by atoms with E-state index in [2.05, 4.69) is 25.7 Å². The van der Waals surface area contributed by atoms with Crippen LogP contribution >= 0.6 is 0 Å². The van der Waals surface area contributed by atoms with Gasteiger partial charge in [0, 0.05) is 12.0 Å². The maximum absolute atomic E-state index is 12.1. The summed E-state index contributed by atoms with van der Waals surface area (Å²) in [6.45, 7) is 0. The summed E-state index contributed by atoms with van der Waals surface area (Å²) in [6.07, 6.45) is 0.563. The van der Waals surface area contributed by atoms with Crippen molar-refractivity contribution in [2.24, 2.45) is 20.4 Å². The van der Waals surface area contributed by atoms with E-state index >= 15 is 0 Å². The van der Waals surface area contributed by atoms with E-state index in [-0.39, 0.29) is 17.7 Å². The molecule has 124 valence electrons. The van der Waals surface area contributed by atoms with E-state index in [1.54, 1.807) is 25.3 Å². The fourth-order valence-electron chi connectivity index (χ4n) is 2.78. The second-order valence-electron chi connectivity index (χ2n) is 5.68.